The monoisotopic (exact) mass is 468 g/mol. The number of carbonyl (C=O) groups excluding carboxylic acids is 2. The lowest BCUT2D eigenvalue weighted by Crippen LogP contribution is -2.39. The van der Waals surface area contributed by atoms with E-state index in [0.29, 0.717) is 23.0 Å². The smallest absolute Gasteiger partial charge is 0.264 e. The van der Waals surface area contributed by atoms with E-state index >= 15 is 0 Å². The number of benzene rings is 1. The molecule has 0 aliphatic carbocycles. The van der Waals surface area contributed by atoms with Gasteiger partial charge in [-0.15, -0.1) is 11.3 Å². The number of amides is 2. The molecule has 152 valence electrons. The van der Waals surface area contributed by atoms with Crippen LogP contribution in [-0.4, -0.2) is 44.0 Å². The summed E-state index contributed by atoms with van der Waals surface area (Å²) >= 11 is 4.68. The molecule has 1 N–H and O–H groups in total. The molecule has 8 heteroatoms. The summed E-state index contributed by atoms with van der Waals surface area (Å²) in [5, 5.41) is 2.92. The summed E-state index contributed by atoms with van der Waals surface area (Å²) in [7, 11) is 3.20. The molecule has 6 nitrogen and oxygen atoms in total. The average Bonchev–Trinajstić information content (AvgIpc) is 3.11. The fraction of sp³-hybridized carbons (Fsp3) is 0.400. The fourth-order valence-electron chi connectivity index (χ4n) is 2.56. The number of hydrogen-bond donors (Lipinski definition) is 1. The van der Waals surface area contributed by atoms with Gasteiger partial charge in [0.25, 0.3) is 5.91 Å². The Morgan fingerprint density at radius 2 is 2.00 bits per heavy atom. The highest BCUT2D eigenvalue weighted by atomic mass is 79.9. The van der Waals surface area contributed by atoms with E-state index in [1.165, 1.54) is 16.2 Å². The van der Waals surface area contributed by atoms with Gasteiger partial charge in [0.1, 0.15) is 0 Å². The van der Waals surface area contributed by atoms with Crippen molar-refractivity contribution in [2.24, 2.45) is 0 Å². The normalized spacial score (nSPS) is 11.6. The maximum atomic E-state index is 12.4. The van der Waals surface area contributed by atoms with Crippen molar-refractivity contribution in [1.29, 1.82) is 0 Å². The van der Waals surface area contributed by atoms with Crippen molar-refractivity contribution in [2.45, 2.75) is 26.3 Å². The van der Waals surface area contributed by atoms with Crippen LogP contribution in [0.4, 0.5) is 0 Å². The molecular formula is C20H25BrN2O4S. The van der Waals surface area contributed by atoms with Gasteiger partial charge in [-0.25, -0.2) is 0 Å². The van der Waals surface area contributed by atoms with Gasteiger partial charge in [-0.1, -0.05) is 13.0 Å². The second-order valence-corrected chi connectivity index (χ2v) is 8.78. The molecule has 1 aromatic carbocycles. The molecule has 1 unspecified atom stereocenters. The zero-order valence-electron chi connectivity index (χ0n) is 16.5. The summed E-state index contributed by atoms with van der Waals surface area (Å²) in [6.07, 6.45) is 0.909. The maximum Gasteiger partial charge on any atom is 0.264 e. The molecule has 2 rings (SSSR count). The highest BCUT2D eigenvalue weighted by molar-refractivity contribution is 9.11. The highest BCUT2D eigenvalue weighted by Gasteiger charge is 2.18. The molecular weight excluding hydrogens is 444 g/mol. The molecule has 0 radical (unpaired) electrons. The topological polar surface area (TPSA) is 67.9 Å². The lowest BCUT2D eigenvalue weighted by atomic mass is 10.1. The number of methoxy groups -OCH3 is 1. The molecule has 0 fully saturated rings. The van der Waals surface area contributed by atoms with Gasteiger partial charge < -0.3 is 19.7 Å². The minimum atomic E-state index is -0.235. The first kappa shape index (κ1) is 22.2. The molecule has 1 atom stereocenters. The molecule has 2 amide bonds. The second-order valence-electron chi connectivity index (χ2n) is 6.31. The Morgan fingerprint density at radius 3 is 2.61 bits per heavy atom. The first-order valence-electron chi connectivity index (χ1n) is 8.96. The number of rotatable bonds is 9. The SMILES string of the molecule is CCCOc1ccc(C(C)NC(=O)CN(C)C(=O)c2ccc(Br)s2)cc1OC. The van der Waals surface area contributed by atoms with Gasteiger partial charge in [0.05, 0.1) is 35.0 Å². The molecule has 0 saturated carbocycles. The molecule has 1 aromatic heterocycles. The lowest BCUT2D eigenvalue weighted by molar-refractivity contribution is -0.122. The summed E-state index contributed by atoms with van der Waals surface area (Å²) in [4.78, 5) is 26.7. The first-order valence-corrected chi connectivity index (χ1v) is 10.6. The van der Waals surface area contributed by atoms with Gasteiger partial charge in [0.15, 0.2) is 11.5 Å². The Balaban J connectivity index is 1.96. The van der Waals surface area contributed by atoms with Crippen LogP contribution in [0.5, 0.6) is 11.5 Å². The Morgan fingerprint density at radius 1 is 1.25 bits per heavy atom. The van der Waals surface area contributed by atoms with E-state index in [9.17, 15) is 9.59 Å². The summed E-state index contributed by atoms with van der Waals surface area (Å²) in [5.41, 5.74) is 0.894. The van der Waals surface area contributed by atoms with Crippen LogP contribution >= 0.6 is 27.3 Å². The molecule has 1 heterocycles. The van der Waals surface area contributed by atoms with Crippen molar-refractivity contribution in [3.8, 4) is 11.5 Å². The van der Waals surface area contributed by atoms with Crippen LogP contribution in [0, 0.1) is 0 Å². The molecule has 0 spiro atoms. The standard InChI is InChI=1S/C20H25BrN2O4S/c1-5-10-27-15-7-6-14(11-16(15)26-4)13(2)22-19(24)12-23(3)20(25)17-8-9-18(21)28-17/h6-9,11,13H,5,10,12H2,1-4H3,(H,22,24). The first-order chi connectivity index (χ1) is 13.3. The third kappa shape index (κ3) is 5.97. The van der Waals surface area contributed by atoms with Crippen molar-refractivity contribution < 1.29 is 19.1 Å². The third-order valence-corrected chi connectivity index (χ3v) is 5.65. The summed E-state index contributed by atoms with van der Waals surface area (Å²) in [6, 6.07) is 8.92. The number of hydrogen-bond acceptors (Lipinski definition) is 5. The molecule has 2 aromatic rings. The fourth-order valence-corrected chi connectivity index (χ4v) is 3.94. The molecule has 0 aliphatic heterocycles. The van der Waals surface area contributed by atoms with E-state index in [0.717, 1.165) is 15.8 Å². The van der Waals surface area contributed by atoms with E-state index < -0.39 is 0 Å². The zero-order valence-corrected chi connectivity index (χ0v) is 18.9. The zero-order chi connectivity index (χ0) is 20.7. The summed E-state index contributed by atoms with van der Waals surface area (Å²) in [5.74, 6) is 0.892. The van der Waals surface area contributed by atoms with Crippen LogP contribution in [0.3, 0.4) is 0 Å². The third-order valence-electron chi connectivity index (χ3n) is 4.04. The van der Waals surface area contributed by atoms with Crippen LogP contribution in [0.1, 0.15) is 41.5 Å². The molecule has 0 aliphatic rings. The largest absolute Gasteiger partial charge is 0.493 e. The van der Waals surface area contributed by atoms with Gasteiger partial charge in [0.2, 0.25) is 5.91 Å². The van der Waals surface area contributed by atoms with Crippen LogP contribution in [0.15, 0.2) is 34.1 Å². The van der Waals surface area contributed by atoms with Crippen molar-refractivity contribution in [3.05, 3.63) is 44.6 Å². The molecule has 0 saturated heterocycles. The van der Waals surface area contributed by atoms with Crippen molar-refractivity contribution in [3.63, 3.8) is 0 Å². The molecule has 0 bridgehead atoms. The van der Waals surface area contributed by atoms with Crippen LogP contribution in [0.25, 0.3) is 0 Å². The van der Waals surface area contributed by atoms with Crippen LogP contribution in [0.2, 0.25) is 0 Å². The minimum absolute atomic E-state index is 0.0203. The number of ether oxygens (including phenoxy) is 2. The van der Waals surface area contributed by atoms with E-state index in [2.05, 4.69) is 21.2 Å². The van der Waals surface area contributed by atoms with E-state index in [1.54, 1.807) is 20.2 Å². The average molecular weight is 469 g/mol. The lowest BCUT2D eigenvalue weighted by Gasteiger charge is -2.20. The number of halogens is 1. The van der Waals surface area contributed by atoms with Crippen LogP contribution in [-0.2, 0) is 4.79 Å². The molecule has 28 heavy (non-hydrogen) atoms. The van der Waals surface area contributed by atoms with E-state index in [-0.39, 0.29) is 24.4 Å². The second kappa shape index (κ2) is 10.5. The van der Waals surface area contributed by atoms with Gasteiger partial charge in [-0.3, -0.25) is 9.59 Å². The Bertz CT molecular complexity index is 824. The van der Waals surface area contributed by atoms with Crippen LogP contribution < -0.4 is 14.8 Å². The predicted octanol–water partition coefficient (Wildman–Crippen LogP) is 4.26. The number of thiophene rings is 1. The Kier molecular flexibility index (Phi) is 8.32. The number of likely N-dealkylation sites (N-methyl/N-ethyl adjacent to an activating group) is 1. The Hall–Kier alpha value is -2.06. The van der Waals surface area contributed by atoms with Crippen molar-refractivity contribution in [2.75, 3.05) is 27.3 Å². The number of nitrogens with zero attached hydrogens (tertiary/aromatic N) is 1. The predicted molar refractivity (Wildman–Crippen MR) is 114 cm³/mol. The number of carbonyl (C=O) groups is 2. The van der Waals surface area contributed by atoms with Gasteiger partial charge in [-0.2, -0.15) is 0 Å². The quantitative estimate of drug-likeness (QED) is 0.596. The maximum absolute atomic E-state index is 12.4. The minimum Gasteiger partial charge on any atom is -0.493 e. The summed E-state index contributed by atoms with van der Waals surface area (Å²) in [6.45, 7) is 4.52. The van der Waals surface area contributed by atoms with E-state index in [4.69, 9.17) is 9.47 Å². The van der Waals surface area contributed by atoms with Gasteiger partial charge >= 0.3 is 0 Å². The number of nitrogens with one attached hydrogen (secondary N) is 1. The van der Waals surface area contributed by atoms with Gasteiger partial charge in [-0.05, 0) is 59.1 Å². The highest BCUT2D eigenvalue weighted by Crippen LogP contribution is 2.30. The van der Waals surface area contributed by atoms with Crippen molar-refractivity contribution in [1.82, 2.24) is 10.2 Å². The van der Waals surface area contributed by atoms with E-state index in [1.807, 2.05) is 38.1 Å². The Labute approximate surface area is 178 Å². The summed E-state index contributed by atoms with van der Waals surface area (Å²) < 4.78 is 11.9. The van der Waals surface area contributed by atoms with Gasteiger partial charge in [0, 0.05) is 7.05 Å². The van der Waals surface area contributed by atoms with Crippen molar-refractivity contribution >= 4 is 39.1 Å².